The highest BCUT2D eigenvalue weighted by Gasteiger charge is 2.05. The molecule has 2 aromatic rings. The Bertz CT molecular complexity index is 447. The fourth-order valence-electron chi connectivity index (χ4n) is 1.49. The third-order valence-electron chi connectivity index (χ3n) is 2.12. The molecule has 2 N–H and O–H groups in total. The summed E-state index contributed by atoms with van der Waals surface area (Å²) in [4.78, 5) is 4.21. The molecule has 3 nitrogen and oxygen atoms in total. The van der Waals surface area contributed by atoms with Crippen molar-refractivity contribution < 1.29 is 0 Å². The van der Waals surface area contributed by atoms with Crippen molar-refractivity contribution >= 4 is 30.3 Å². The second-order valence-corrected chi connectivity index (χ2v) is 2.96. The van der Waals surface area contributed by atoms with Crippen molar-refractivity contribution in [3.63, 3.8) is 0 Å². The zero-order chi connectivity index (χ0) is 9.42. The van der Waals surface area contributed by atoms with Gasteiger partial charge < -0.3 is 10.3 Å². The maximum atomic E-state index is 5.72. The van der Waals surface area contributed by atoms with E-state index in [0.29, 0.717) is 5.95 Å². The quantitative estimate of drug-likeness (QED) is 0.632. The van der Waals surface area contributed by atoms with Gasteiger partial charge in [0.15, 0.2) is 0 Å². The first-order valence-corrected chi connectivity index (χ1v) is 4.23. The largest absolute Gasteiger partial charge is 0.369 e. The first kappa shape index (κ1) is 8.17. The van der Waals surface area contributed by atoms with Crippen molar-refractivity contribution in [1.29, 1.82) is 0 Å². The molecule has 1 heterocycles. The Labute approximate surface area is 78.0 Å². The lowest BCUT2D eigenvalue weighted by atomic mass is 9.96. The van der Waals surface area contributed by atoms with Gasteiger partial charge >= 0.3 is 0 Å². The Kier molecular flexibility index (Phi) is 1.76. The number of aromatic nitrogens is 2. The molecule has 0 atom stereocenters. The summed E-state index contributed by atoms with van der Waals surface area (Å²) in [6, 6.07) is 5.60. The standard InChI is InChI=1S/C9H10BN3/c1-2-13-8-5-6(10)3-4-7(8)12-9(13)11/h3-5H,2H2,1H3,(H2,11,12). The summed E-state index contributed by atoms with van der Waals surface area (Å²) < 4.78 is 1.94. The van der Waals surface area contributed by atoms with E-state index in [0.717, 1.165) is 23.0 Å². The second-order valence-electron chi connectivity index (χ2n) is 2.96. The SMILES string of the molecule is [B]c1ccc2nc(N)n(CC)c2c1. The minimum absolute atomic E-state index is 0.545. The highest BCUT2D eigenvalue weighted by molar-refractivity contribution is 6.33. The van der Waals surface area contributed by atoms with E-state index in [1.165, 1.54) is 0 Å². The van der Waals surface area contributed by atoms with E-state index >= 15 is 0 Å². The van der Waals surface area contributed by atoms with Crippen LogP contribution in [0.1, 0.15) is 6.92 Å². The van der Waals surface area contributed by atoms with Crippen molar-refractivity contribution in [3.05, 3.63) is 18.2 Å². The van der Waals surface area contributed by atoms with Gasteiger partial charge in [-0.2, -0.15) is 0 Å². The van der Waals surface area contributed by atoms with Crippen LogP contribution < -0.4 is 11.2 Å². The molecule has 0 amide bonds. The van der Waals surface area contributed by atoms with Crippen LogP contribution in [0.25, 0.3) is 11.0 Å². The van der Waals surface area contributed by atoms with E-state index in [1.807, 2.05) is 29.7 Å². The van der Waals surface area contributed by atoms with Gasteiger partial charge in [-0.3, -0.25) is 0 Å². The Hall–Kier alpha value is -1.45. The minimum atomic E-state index is 0.545. The van der Waals surface area contributed by atoms with Crippen molar-refractivity contribution in [1.82, 2.24) is 9.55 Å². The number of anilines is 1. The van der Waals surface area contributed by atoms with Crippen LogP contribution in [0, 0.1) is 0 Å². The lowest BCUT2D eigenvalue weighted by Crippen LogP contribution is -2.04. The lowest BCUT2D eigenvalue weighted by molar-refractivity contribution is 0.800. The third-order valence-corrected chi connectivity index (χ3v) is 2.12. The predicted octanol–water partition coefficient (Wildman–Crippen LogP) is 0.432. The minimum Gasteiger partial charge on any atom is -0.369 e. The highest BCUT2D eigenvalue weighted by Crippen LogP contribution is 2.15. The molecule has 64 valence electrons. The molecule has 0 saturated heterocycles. The number of benzene rings is 1. The Morgan fingerprint density at radius 2 is 2.31 bits per heavy atom. The molecule has 0 unspecified atom stereocenters. The fourth-order valence-corrected chi connectivity index (χ4v) is 1.49. The van der Waals surface area contributed by atoms with Crippen LogP contribution in [0.5, 0.6) is 0 Å². The second kappa shape index (κ2) is 2.80. The van der Waals surface area contributed by atoms with E-state index in [-0.39, 0.29) is 0 Å². The van der Waals surface area contributed by atoms with E-state index in [9.17, 15) is 0 Å². The van der Waals surface area contributed by atoms with Crippen LogP contribution in [0.4, 0.5) is 5.95 Å². The predicted molar refractivity (Wildman–Crippen MR) is 55.2 cm³/mol. The first-order valence-electron chi connectivity index (χ1n) is 4.23. The molecule has 0 spiro atoms. The zero-order valence-corrected chi connectivity index (χ0v) is 7.49. The van der Waals surface area contributed by atoms with Gasteiger partial charge in [0, 0.05) is 6.54 Å². The molecule has 1 aromatic heterocycles. The van der Waals surface area contributed by atoms with Gasteiger partial charge in [0.25, 0.3) is 0 Å². The molecule has 4 heteroatoms. The highest BCUT2D eigenvalue weighted by atomic mass is 15.1. The molecular weight excluding hydrogens is 161 g/mol. The van der Waals surface area contributed by atoms with E-state index in [2.05, 4.69) is 4.98 Å². The van der Waals surface area contributed by atoms with Gasteiger partial charge in [0.1, 0.15) is 7.85 Å². The Morgan fingerprint density at radius 3 is 3.00 bits per heavy atom. The van der Waals surface area contributed by atoms with Crippen LogP contribution in [-0.2, 0) is 6.54 Å². The van der Waals surface area contributed by atoms with Crippen LogP contribution >= 0.6 is 0 Å². The summed E-state index contributed by atoms with van der Waals surface area (Å²) in [5.41, 5.74) is 8.36. The molecule has 2 rings (SSSR count). The normalized spacial score (nSPS) is 10.8. The number of hydrogen-bond acceptors (Lipinski definition) is 2. The number of nitrogens with zero attached hydrogens (tertiary/aromatic N) is 2. The summed E-state index contributed by atoms with van der Waals surface area (Å²) in [5.74, 6) is 0.545. The Balaban J connectivity index is 2.80. The maximum absolute atomic E-state index is 5.72. The van der Waals surface area contributed by atoms with Crippen molar-refractivity contribution in [2.45, 2.75) is 13.5 Å². The van der Waals surface area contributed by atoms with Crippen LogP contribution in [0.3, 0.4) is 0 Å². The number of aryl methyl sites for hydroxylation is 1. The van der Waals surface area contributed by atoms with Crippen LogP contribution in [0.15, 0.2) is 18.2 Å². The number of hydrogen-bond donors (Lipinski definition) is 1. The number of imidazole rings is 1. The van der Waals surface area contributed by atoms with Gasteiger partial charge in [0.2, 0.25) is 5.95 Å². The summed E-state index contributed by atoms with van der Waals surface area (Å²) >= 11 is 0. The average molecular weight is 171 g/mol. The lowest BCUT2D eigenvalue weighted by Gasteiger charge is -2.01. The number of fused-ring (bicyclic) bond motifs is 1. The monoisotopic (exact) mass is 171 g/mol. The molecule has 0 aliphatic carbocycles. The number of nitrogen functional groups attached to an aromatic ring is 1. The molecule has 0 fully saturated rings. The summed E-state index contributed by atoms with van der Waals surface area (Å²) in [6.45, 7) is 2.84. The van der Waals surface area contributed by atoms with Gasteiger partial charge in [-0.05, 0) is 19.1 Å². The number of rotatable bonds is 1. The van der Waals surface area contributed by atoms with Crippen LogP contribution in [-0.4, -0.2) is 17.4 Å². The number of nitrogens with two attached hydrogens (primary N) is 1. The molecule has 0 aliphatic rings. The van der Waals surface area contributed by atoms with Crippen LogP contribution in [0.2, 0.25) is 0 Å². The topological polar surface area (TPSA) is 43.8 Å². The maximum Gasteiger partial charge on any atom is 0.201 e. The van der Waals surface area contributed by atoms with Gasteiger partial charge in [-0.25, -0.2) is 4.98 Å². The summed E-state index contributed by atoms with van der Waals surface area (Å²) in [5, 5.41) is 0. The van der Waals surface area contributed by atoms with E-state index in [1.54, 1.807) is 0 Å². The molecule has 1 aromatic carbocycles. The van der Waals surface area contributed by atoms with E-state index < -0.39 is 0 Å². The third kappa shape index (κ3) is 1.18. The van der Waals surface area contributed by atoms with Crippen molar-refractivity contribution in [3.8, 4) is 0 Å². The summed E-state index contributed by atoms with van der Waals surface area (Å²) in [7, 11) is 5.67. The molecule has 0 bridgehead atoms. The zero-order valence-electron chi connectivity index (χ0n) is 7.49. The first-order chi connectivity index (χ1) is 6.22. The van der Waals surface area contributed by atoms with Gasteiger partial charge in [0.05, 0.1) is 11.0 Å². The smallest absolute Gasteiger partial charge is 0.201 e. The molecular formula is C9H10BN3. The average Bonchev–Trinajstić information content (AvgIpc) is 2.40. The molecule has 13 heavy (non-hydrogen) atoms. The van der Waals surface area contributed by atoms with Crippen molar-refractivity contribution in [2.24, 2.45) is 0 Å². The molecule has 2 radical (unpaired) electrons. The molecule has 0 saturated carbocycles. The molecule has 0 aliphatic heterocycles. The fraction of sp³-hybridized carbons (Fsp3) is 0.222. The van der Waals surface area contributed by atoms with Gasteiger partial charge in [-0.1, -0.05) is 11.5 Å². The van der Waals surface area contributed by atoms with Gasteiger partial charge in [-0.15, -0.1) is 0 Å². The summed E-state index contributed by atoms with van der Waals surface area (Å²) in [6.07, 6.45) is 0. The Morgan fingerprint density at radius 1 is 1.54 bits per heavy atom. The van der Waals surface area contributed by atoms with E-state index in [4.69, 9.17) is 13.6 Å². The van der Waals surface area contributed by atoms with Crippen molar-refractivity contribution in [2.75, 3.05) is 5.73 Å².